The third-order valence-corrected chi connectivity index (χ3v) is 7.63. The molecule has 6 nitrogen and oxygen atoms in total. The van der Waals surface area contributed by atoms with E-state index in [0.29, 0.717) is 18.0 Å². The number of nitrogens with zero attached hydrogens (tertiary/aromatic N) is 3. The van der Waals surface area contributed by atoms with Crippen molar-refractivity contribution in [1.82, 2.24) is 9.21 Å². The molecule has 1 saturated heterocycles. The molecule has 8 heteroatoms. The van der Waals surface area contributed by atoms with Crippen molar-refractivity contribution in [3.8, 4) is 6.07 Å². The lowest BCUT2D eigenvalue weighted by Crippen LogP contribution is -2.50. The molecule has 1 fully saturated rings. The zero-order valence-corrected chi connectivity index (χ0v) is 16.2. The maximum absolute atomic E-state index is 12.8. The first-order valence-corrected chi connectivity index (χ1v) is 10.5. The normalized spacial score (nSPS) is 15.7. The Labute approximate surface area is 157 Å². The molecule has 0 N–H and O–H groups in total. The summed E-state index contributed by atoms with van der Waals surface area (Å²) in [7, 11) is -3.75. The van der Waals surface area contributed by atoms with E-state index in [1.165, 1.54) is 27.8 Å². The molecule has 1 aromatic heterocycles. The number of piperazine rings is 1. The third kappa shape index (κ3) is 3.38. The first-order chi connectivity index (χ1) is 12.3. The molecule has 1 aromatic carbocycles. The van der Waals surface area contributed by atoms with Gasteiger partial charge in [0.15, 0.2) is 0 Å². The second-order valence-corrected chi connectivity index (χ2v) is 9.32. The molecule has 3 rings (SSSR count). The maximum atomic E-state index is 12.8. The highest BCUT2D eigenvalue weighted by atomic mass is 32.2. The molecule has 0 saturated carbocycles. The number of thiophene rings is 1. The predicted molar refractivity (Wildman–Crippen MR) is 99.6 cm³/mol. The smallest absolute Gasteiger partial charge is 0.264 e. The Bertz CT molecular complexity index is 962. The Morgan fingerprint density at radius 3 is 2.38 bits per heavy atom. The zero-order valence-electron chi connectivity index (χ0n) is 14.6. The Kier molecular flexibility index (Phi) is 5.14. The number of carbonyl (C=O) groups excluding carboxylic acids is 1. The van der Waals surface area contributed by atoms with Gasteiger partial charge in [-0.25, -0.2) is 8.42 Å². The average molecular weight is 390 g/mol. The Morgan fingerprint density at radius 1 is 1.15 bits per heavy atom. The van der Waals surface area contributed by atoms with Crippen LogP contribution in [0.5, 0.6) is 0 Å². The number of hydrogen-bond donors (Lipinski definition) is 0. The van der Waals surface area contributed by atoms with Crippen molar-refractivity contribution >= 4 is 27.3 Å². The molecule has 0 unspecified atom stereocenters. The lowest BCUT2D eigenvalue weighted by molar-refractivity contribution is 0.0702. The van der Waals surface area contributed by atoms with E-state index in [-0.39, 0.29) is 29.5 Å². The highest BCUT2D eigenvalue weighted by Gasteiger charge is 2.32. The minimum absolute atomic E-state index is 0.0202. The van der Waals surface area contributed by atoms with Gasteiger partial charge in [0.05, 0.1) is 15.3 Å². The predicted octanol–water partition coefficient (Wildman–Crippen LogP) is 2.38. The summed E-state index contributed by atoms with van der Waals surface area (Å²) in [6.45, 7) is 5.06. The van der Waals surface area contributed by atoms with Crippen molar-refractivity contribution in [2.75, 3.05) is 26.2 Å². The van der Waals surface area contributed by atoms with Crippen LogP contribution in [0.3, 0.4) is 0 Å². The lowest BCUT2D eigenvalue weighted by Gasteiger charge is -2.33. The molecule has 0 bridgehead atoms. The van der Waals surface area contributed by atoms with E-state index in [1.807, 2.05) is 26.0 Å². The van der Waals surface area contributed by atoms with Gasteiger partial charge in [-0.05, 0) is 37.6 Å². The second kappa shape index (κ2) is 7.19. The number of carbonyl (C=O) groups is 1. The molecular formula is C18H19N3O3S2. The Morgan fingerprint density at radius 2 is 1.81 bits per heavy atom. The fourth-order valence-corrected chi connectivity index (χ4v) is 5.46. The molecule has 1 aliphatic rings. The molecule has 2 aromatic rings. The highest BCUT2D eigenvalue weighted by Crippen LogP contribution is 2.24. The van der Waals surface area contributed by atoms with Crippen LogP contribution in [0.1, 0.15) is 25.7 Å². The van der Waals surface area contributed by atoms with Crippen molar-refractivity contribution in [2.45, 2.75) is 18.7 Å². The first-order valence-electron chi connectivity index (χ1n) is 8.20. The highest BCUT2D eigenvalue weighted by molar-refractivity contribution is 7.89. The fraction of sp³-hybridized carbons (Fsp3) is 0.333. The van der Waals surface area contributed by atoms with Crippen LogP contribution < -0.4 is 0 Å². The van der Waals surface area contributed by atoms with Gasteiger partial charge in [-0.2, -0.15) is 9.57 Å². The molecule has 2 heterocycles. The van der Waals surface area contributed by atoms with E-state index in [4.69, 9.17) is 5.26 Å². The minimum Gasteiger partial charge on any atom is -0.335 e. The van der Waals surface area contributed by atoms with Crippen LogP contribution in [0.4, 0.5) is 0 Å². The van der Waals surface area contributed by atoms with Gasteiger partial charge in [-0.1, -0.05) is 12.1 Å². The number of sulfonamides is 1. The summed E-state index contributed by atoms with van der Waals surface area (Å²) in [4.78, 5) is 16.1. The van der Waals surface area contributed by atoms with E-state index in [9.17, 15) is 13.2 Å². The van der Waals surface area contributed by atoms with Crippen molar-refractivity contribution in [3.05, 3.63) is 51.2 Å². The molecule has 0 radical (unpaired) electrons. The average Bonchev–Trinajstić information content (AvgIpc) is 3.00. The fourth-order valence-electron chi connectivity index (χ4n) is 2.89. The quantitative estimate of drug-likeness (QED) is 0.807. The van der Waals surface area contributed by atoms with Crippen molar-refractivity contribution in [1.29, 1.82) is 5.26 Å². The SMILES string of the molecule is Cc1cc(C(=O)N2CCN(S(=O)(=O)c3ccccc3C#N)CC2)sc1C. The summed E-state index contributed by atoms with van der Waals surface area (Å²) >= 11 is 1.47. The molecule has 0 spiro atoms. The maximum Gasteiger partial charge on any atom is 0.264 e. The monoisotopic (exact) mass is 389 g/mol. The van der Waals surface area contributed by atoms with Gasteiger partial charge in [0, 0.05) is 31.1 Å². The van der Waals surface area contributed by atoms with Crippen LogP contribution in [0.15, 0.2) is 35.2 Å². The van der Waals surface area contributed by atoms with Crippen LogP contribution in [0.2, 0.25) is 0 Å². The number of hydrogen-bond acceptors (Lipinski definition) is 5. The lowest BCUT2D eigenvalue weighted by atomic mass is 10.2. The largest absolute Gasteiger partial charge is 0.335 e. The topological polar surface area (TPSA) is 81.5 Å². The van der Waals surface area contributed by atoms with Crippen LogP contribution in [0.25, 0.3) is 0 Å². The van der Waals surface area contributed by atoms with E-state index in [0.717, 1.165) is 10.4 Å². The number of aryl methyl sites for hydroxylation is 2. The minimum atomic E-state index is -3.75. The van der Waals surface area contributed by atoms with Crippen molar-refractivity contribution in [2.24, 2.45) is 0 Å². The summed E-state index contributed by atoms with van der Waals surface area (Å²) < 4.78 is 27.0. The molecular weight excluding hydrogens is 370 g/mol. The van der Waals surface area contributed by atoms with Crippen LogP contribution in [-0.2, 0) is 10.0 Å². The Hall–Kier alpha value is -2.21. The Balaban J connectivity index is 1.74. The van der Waals surface area contributed by atoms with Gasteiger partial charge in [0.2, 0.25) is 10.0 Å². The van der Waals surface area contributed by atoms with Gasteiger partial charge in [0.1, 0.15) is 6.07 Å². The van der Waals surface area contributed by atoms with Crippen LogP contribution in [-0.4, -0.2) is 49.7 Å². The summed E-state index contributed by atoms with van der Waals surface area (Å²) in [5, 5.41) is 9.16. The standard InChI is InChI=1S/C18H19N3O3S2/c1-13-11-16(25-14(13)2)18(22)20-7-9-21(10-8-20)26(23,24)17-6-4-3-5-15(17)12-19/h3-6,11H,7-10H2,1-2H3. The van der Waals surface area contributed by atoms with Crippen molar-refractivity contribution < 1.29 is 13.2 Å². The van der Waals surface area contributed by atoms with Gasteiger partial charge < -0.3 is 4.90 Å². The molecule has 0 atom stereocenters. The summed E-state index contributed by atoms with van der Waals surface area (Å²) in [5.41, 5.74) is 1.23. The number of nitriles is 1. The van der Waals surface area contributed by atoms with Crippen molar-refractivity contribution in [3.63, 3.8) is 0 Å². The summed E-state index contributed by atoms with van der Waals surface area (Å²) in [6, 6.07) is 10.00. The van der Waals surface area contributed by atoms with E-state index >= 15 is 0 Å². The van der Waals surface area contributed by atoms with Gasteiger partial charge in [-0.15, -0.1) is 11.3 Å². The molecule has 26 heavy (non-hydrogen) atoms. The summed E-state index contributed by atoms with van der Waals surface area (Å²) in [5.74, 6) is -0.0549. The van der Waals surface area contributed by atoms with Crippen LogP contribution in [0, 0.1) is 25.2 Å². The van der Waals surface area contributed by atoms with Crippen LogP contribution >= 0.6 is 11.3 Å². The molecule has 136 valence electrons. The molecule has 1 amide bonds. The third-order valence-electron chi connectivity index (χ3n) is 4.53. The second-order valence-electron chi connectivity index (χ2n) is 6.15. The first kappa shape index (κ1) is 18.6. The number of benzene rings is 1. The van der Waals surface area contributed by atoms with Gasteiger partial charge in [0.25, 0.3) is 5.91 Å². The van der Waals surface area contributed by atoms with Gasteiger partial charge >= 0.3 is 0 Å². The molecule has 1 aliphatic heterocycles. The van der Waals surface area contributed by atoms with E-state index < -0.39 is 10.0 Å². The number of rotatable bonds is 3. The zero-order chi connectivity index (χ0) is 18.9. The van der Waals surface area contributed by atoms with E-state index in [1.54, 1.807) is 17.0 Å². The summed E-state index contributed by atoms with van der Waals surface area (Å²) in [6.07, 6.45) is 0. The number of amides is 1. The molecule has 0 aliphatic carbocycles. The van der Waals surface area contributed by atoms with E-state index in [2.05, 4.69) is 0 Å². The van der Waals surface area contributed by atoms with Gasteiger partial charge in [-0.3, -0.25) is 4.79 Å².